The van der Waals surface area contributed by atoms with Gasteiger partial charge in [0.2, 0.25) is 10.0 Å². The van der Waals surface area contributed by atoms with Gasteiger partial charge < -0.3 is 4.90 Å². The molecule has 1 aliphatic carbocycles. The van der Waals surface area contributed by atoms with Crippen LogP contribution in [0, 0.1) is 5.92 Å². The number of fused-ring (bicyclic) bond motifs is 3. The molecule has 0 aromatic heterocycles. The zero-order valence-electron chi connectivity index (χ0n) is 18.4. The second-order valence-electron chi connectivity index (χ2n) is 10.0. The van der Waals surface area contributed by atoms with E-state index in [9.17, 15) is 18.0 Å². The van der Waals surface area contributed by atoms with Gasteiger partial charge in [0.25, 0.3) is 0 Å². The number of rotatable bonds is 7. The maximum absolute atomic E-state index is 13.1. The lowest BCUT2D eigenvalue weighted by molar-refractivity contribution is -0.117. The molecule has 0 N–H and O–H groups in total. The molecule has 3 heterocycles. The van der Waals surface area contributed by atoms with Gasteiger partial charge >= 0.3 is 0 Å². The molecular weight excluding hydrogens is 448 g/mol. The number of halogens is 1. The number of carbonyl (C=O) groups is 2. The summed E-state index contributed by atoms with van der Waals surface area (Å²) in [5.41, 5.74) is 2.36. The van der Waals surface area contributed by atoms with Crippen LogP contribution in [0.15, 0.2) is 12.1 Å². The summed E-state index contributed by atoms with van der Waals surface area (Å²) in [5, 5.41) is 0.424. The zero-order valence-corrected chi connectivity index (χ0v) is 20.0. The monoisotopic (exact) mass is 478 g/mol. The van der Waals surface area contributed by atoms with E-state index in [-0.39, 0.29) is 35.3 Å². The number of hydrogen-bond donors (Lipinski definition) is 0. The first-order valence-electron chi connectivity index (χ1n) is 11.9. The van der Waals surface area contributed by atoms with Gasteiger partial charge in [-0.05, 0) is 80.8 Å². The molecule has 3 fully saturated rings. The van der Waals surface area contributed by atoms with Crippen molar-refractivity contribution in [3.05, 3.63) is 33.8 Å². The number of hydrogen-bond acceptors (Lipinski definition) is 5. The summed E-state index contributed by atoms with van der Waals surface area (Å²) in [6, 6.07) is 3.61. The maximum Gasteiger partial charge on any atom is 0.215 e. The van der Waals surface area contributed by atoms with Gasteiger partial charge in [0.15, 0.2) is 5.78 Å². The Bertz CT molecular complexity index is 1020. The predicted molar refractivity (Wildman–Crippen MR) is 124 cm³/mol. The van der Waals surface area contributed by atoms with Crippen molar-refractivity contribution in [2.75, 3.05) is 25.4 Å². The number of piperidine rings is 1. The fourth-order valence-corrected chi connectivity index (χ4v) is 8.57. The third-order valence-corrected chi connectivity index (χ3v) is 10.0. The van der Waals surface area contributed by atoms with Crippen molar-refractivity contribution >= 4 is 33.2 Å². The average Bonchev–Trinajstić information content (AvgIpc) is 3.44. The standard InChI is InChI=1S/C24H31ClN2O4S/c25-23-15-18-13-21(28)12-17(18)14-22(23)24(29)11-16-9-19-3-4-20(10-16)27(19)32(30,31)8-7-26-5-1-2-6-26/h14-16,19-20H,1-13H2/t16?,19-,20+. The van der Waals surface area contributed by atoms with Crippen molar-refractivity contribution in [3.8, 4) is 0 Å². The number of Topliss-reactive ketones (excluding diaryl/α,β-unsaturated/α-hetero) is 2. The lowest BCUT2D eigenvalue weighted by atomic mass is 9.86. The molecule has 3 atom stereocenters. The number of carbonyl (C=O) groups excluding carboxylic acids is 2. The van der Waals surface area contributed by atoms with E-state index in [1.165, 1.54) is 0 Å². The molecule has 1 unspecified atom stereocenters. The SMILES string of the molecule is O=C1Cc2cc(Cl)c(C(=O)CC3C[C@H]4CC[C@@H](C3)N4S(=O)(=O)CCN3CCCC3)cc2C1. The first-order valence-corrected chi connectivity index (χ1v) is 13.9. The number of sulfonamides is 1. The quantitative estimate of drug-likeness (QED) is 0.562. The molecule has 3 aliphatic heterocycles. The van der Waals surface area contributed by atoms with Crippen LogP contribution in [0.2, 0.25) is 5.02 Å². The molecule has 32 heavy (non-hydrogen) atoms. The largest absolute Gasteiger partial charge is 0.302 e. The highest BCUT2D eigenvalue weighted by Crippen LogP contribution is 2.42. The second-order valence-corrected chi connectivity index (χ2v) is 12.4. The predicted octanol–water partition coefficient (Wildman–Crippen LogP) is 3.25. The van der Waals surface area contributed by atoms with E-state index in [0.717, 1.165) is 62.7 Å². The highest BCUT2D eigenvalue weighted by molar-refractivity contribution is 7.89. The molecule has 0 saturated carbocycles. The van der Waals surface area contributed by atoms with Gasteiger partial charge in [-0.1, -0.05) is 11.6 Å². The minimum atomic E-state index is -3.28. The van der Waals surface area contributed by atoms with Crippen LogP contribution in [0.3, 0.4) is 0 Å². The molecule has 0 radical (unpaired) electrons. The highest BCUT2D eigenvalue weighted by atomic mass is 35.5. The number of benzene rings is 1. The van der Waals surface area contributed by atoms with Gasteiger partial charge in [0, 0.05) is 43.5 Å². The minimum absolute atomic E-state index is 0.00638. The molecule has 2 bridgehead atoms. The van der Waals surface area contributed by atoms with Crippen molar-refractivity contribution in [1.82, 2.24) is 9.21 Å². The molecular formula is C24H31ClN2O4S. The van der Waals surface area contributed by atoms with Crippen LogP contribution in [0.25, 0.3) is 0 Å². The van der Waals surface area contributed by atoms with Crippen molar-refractivity contribution in [2.24, 2.45) is 5.92 Å². The molecule has 5 rings (SSSR count). The molecule has 4 aliphatic rings. The van der Waals surface area contributed by atoms with Crippen molar-refractivity contribution in [3.63, 3.8) is 0 Å². The third-order valence-electron chi connectivity index (χ3n) is 7.79. The number of ketones is 2. The van der Waals surface area contributed by atoms with Crippen molar-refractivity contribution in [1.29, 1.82) is 0 Å². The van der Waals surface area contributed by atoms with Crippen LogP contribution < -0.4 is 0 Å². The van der Waals surface area contributed by atoms with Gasteiger partial charge in [0.05, 0.1) is 10.8 Å². The Balaban J connectivity index is 1.23. The van der Waals surface area contributed by atoms with Crippen molar-refractivity contribution < 1.29 is 18.0 Å². The van der Waals surface area contributed by atoms with Crippen molar-refractivity contribution in [2.45, 2.75) is 69.9 Å². The lowest BCUT2D eigenvalue weighted by Gasteiger charge is -2.38. The molecule has 3 saturated heterocycles. The van der Waals surface area contributed by atoms with E-state index in [1.807, 2.05) is 0 Å². The maximum atomic E-state index is 13.1. The van der Waals surface area contributed by atoms with E-state index in [4.69, 9.17) is 11.6 Å². The molecule has 174 valence electrons. The first kappa shape index (κ1) is 22.5. The first-order chi connectivity index (χ1) is 15.3. The Kier molecular flexibility index (Phi) is 6.20. The summed E-state index contributed by atoms with van der Waals surface area (Å²) in [6.45, 7) is 2.64. The van der Waals surface area contributed by atoms with E-state index < -0.39 is 10.0 Å². The topological polar surface area (TPSA) is 74.8 Å². The Morgan fingerprint density at radius 3 is 2.31 bits per heavy atom. The lowest BCUT2D eigenvalue weighted by Crippen LogP contribution is -2.48. The van der Waals surface area contributed by atoms with Gasteiger partial charge in [-0.15, -0.1) is 0 Å². The summed E-state index contributed by atoms with van der Waals surface area (Å²) >= 11 is 6.39. The van der Waals surface area contributed by atoms with Crippen LogP contribution in [-0.2, 0) is 27.7 Å². The Hall–Kier alpha value is -1.28. The fraction of sp³-hybridized carbons (Fsp3) is 0.667. The van der Waals surface area contributed by atoms with Gasteiger partial charge in [-0.3, -0.25) is 9.59 Å². The van der Waals surface area contributed by atoms with E-state index >= 15 is 0 Å². The summed E-state index contributed by atoms with van der Waals surface area (Å²) < 4.78 is 28.0. The molecule has 8 heteroatoms. The van der Waals surface area contributed by atoms with Gasteiger partial charge in [0.1, 0.15) is 5.78 Å². The number of likely N-dealkylation sites (tertiary alicyclic amines) is 1. The molecule has 0 amide bonds. The normalized spacial score (nSPS) is 28.4. The van der Waals surface area contributed by atoms with Crippen LogP contribution in [0.4, 0.5) is 0 Å². The van der Waals surface area contributed by atoms with E-state index in [1.54, 1.807) is 16.4 Å². The summed E-state index contributed by atoms with van der Waals surface area (Å²) in [4.78, 5) is 27.1. The summed E-state index contributed by atoms with van der Waals surface area (Å²) in [6.07, 6.45) is 6.76. The summed E-state index contributed by atoms with van der Waals surface area (Å²) in [5.74, 6) is 0.547. The Morgan fingerprint density at radius 1 is 1.03 bits per heavy atom. The zero-order chi connectivity index (χ0) is 22.5. The molecule has 1 aromatic rings. The summed E-state index contributed by atoms with van der Waals surface area (Å²) in [7, 11) is -3.28. The van der Waals surface area contributed by atoms with Crippen LogP contribution in [0.5, 0.6) is 0 Å². The van der Waals surface area contributed by atoms with Gasteiger partial charge in [-0.25, -0.2) is 8.42 Å². The van der Waals surface area contributed by atoms with Gasteiger partial charge in [-0.2, -0.15) is 4.31 Å². The fourth-order valence-electron chi connectivity index (χ4n) is 6.29. The van der Waals surface area contributed by atoms with Crippen LogP contribution in [0.1, 0.15) is 66.4 Å². The molecule has 1 aromatic carbocycles. The molecule has 6 nitrogen and oxygen atoms in total. The minimum Gasteiger partial charge on any atom is -0.302 e. The average molecular weight is 479 g/mol. The Labute approximate surface area is 195 Å². The number of nitrogens with zero attached hydrogens (tertiary/aromatic N) is 2. The second kappa shape index (κ2) is 8.82. The van der Waals surface area contributed by atoms with E-state index in [0.29, 0.717) is 36.4 Å². The van der Waals surface area contributed by atoms with Crippen LogP contribution in [-0.4, -0.2) is 66.7 Å². The van der Waals surface area contributed by atoms with Crippen LogP contribution >= 0.6 is 11.6 Å². The highest BCUT2D eigenvalue weighted by Gasteiger charge is 2.46. The molecule has 0 spiro atoms. The third kappa shape index (κ3) is 4.41. The van der Waals surface area contributed by atoms with E-state index in [2.05, 4.69) is 4.90 Å². The Morgan fingerprint density at radius 2 is 1.66 bits per heavy atom. The smallest absolute Gasteiger partial charge is 0.215 e.